The number of ketones is 2. The van der Waals surface area contributed by atoms with Crippen LogP contribution in [0.4, 0.5) is 0 Å². The van der Waals surface area contributed by atoms with Crippen LogP contribution in [0.2, 0.25) is 0 Å². The molecular formula is C61H70O2S2. The Labute approximate surface area is 398 Å². The van der Waals surface area contributed by atoms with Crippen molar-refractivity contribution in [1.29, 1.82) is 0 Å². The van der Waals surface area contributed by atoms with Crippen LogP contribution < -0.4 is 0 Å². The second-order valence-corrected chi connectivity index (χ2v) is 22.2. The SMILES string of the molecule is CCCCCCCCCCCCC1(CCCCCCCCCCCC)c2cc3c(cc2-c2cc4c(cc21)-c1ccc(-c2ccc(-c5ccc(C)s5)s2)cc1C4=O)C(=O)c1cc(C)ccc1-3. The Bertz CT molecular complexity index is 2640. The van der Waals surface area contributed by atoms with Crippen molar-refractivity contribution in [2.75, 3.05) is 0 Å². The highest BCUT2D eigenvalue weighted by Crippen LogP contribution is 2.59. The van der Waals surface area contributed by atoms with Gasteiger partial charge in [-0.05, 0) is 137 Å². The van der Waals surface area contributed by atoms with Crippen LogP contribution in [0.3, 0.4) is 0 Å². The maximum absolute atomic E-state index is 14.7. The van der Waals surface area contributed by atoms with Crippen LogP contribution in [0.25, 0.3) is 53.6 Å². The van der Waals surface area contributed by atoms with E-state index in [-0.39, 0.29) is 17.0 Å². The van der Waals surface area contributed by atoms with Gasteiger partial charge in [-0.15, -0.1) is 22.7 Å². The number of aryl methyl sites for hydroxylation is 2. The van der Waals surface area contributed by atoms with E-state index in [2.05, 4.69) is 113 Å². The molecule has 0 aliphatic heterocycles. The molecule has 3 aliphatic carbocycles. The summed E-state index contributed by atoms with van der Waals surface area (Å²) in [7, 11) is 0. The molecule has 9 rings (SSSR count). The Morgan fingerprint density at radius 1 is 0.369 bits per heavy atom. The Hall–Kier alpha value is -4.38. The zero-order valence-corrected chi connectivity index (χ0v) is 41.4. The van der Waals surface area contributed by atoms with E-state index in [1.807, 2.05) is 11.3 Å². The summed E-state index contributed by atoms with van der Waals surface area (Å²) in [5.74, 6) is 0.252. The first-order valence-corrected chi connectivity index (χ1v) is 27.3. The molecule has 3 aliphatic rings. The van der Waals surface area contributed by atoms with E-state index in [1.165, 1.54) is 170 Å². The number of benzene rings is 4. The maximum atomic E-state index is 14.7. The zero-order chi connectivity index (χ0) is 44.9. The summed E-state index contributed by atoms with van der Waals surface area (Å²) in [5.41, 5.74) is 14.8. The number of rotatable bonds is 24. The van der Waals surface area contributed by atoms with Gasteiger partial charge in [-0.2, -0.15) is 0 Å². The second-order valence-electron chi connectivity index (χ2n) is 19.9. The van der Waals surface area contributed by atoms with Crippen molar-refractivity contribution >= 4 is 34.2 Å². The summed E-state index contributed by atoms with van der Waals surface area (Å²) in [6.45, 7) is 8.84. The third kappa shape index (κ3) is 9.33. The second kappa shape index (κ2) is 20.6. The number of thiophene rings is 2. The van der Waals surface area contributed by atoms with E-state index < -0.39 is 0 Å². The largest absolute Gasteiger partial charge is 0.289 e. The molecule has 0 fully saturated rings. The van der Waals surface area contributed by atoms with Gasteiger partial charge in [-0.25, -0.2) is 0 Å². The first-order chi connectivity index (χ1) is 31.8. The molecule has 0 amide bonds. The van der Waals surface area contributed by atoms with Crippen LogP contribution in [-0.2, 0) is 5.41 Å². The Kier molecular flexibility index (Phi) is 14.5. The minimum atomic E-state index is -0.176. The van der Waals surface area contributed by atoms with Crippen molar-refractivity contribution in [3.63, 3.8) is 0 Å². The summed E-state index contributed by atoms with van der Waals surface area (Å²) in [6, 6.07) is 31.2. The molecule has 338 valence electrons. The van der Waals surface area contributed by atoms with Gasteiger partial charge in [0.1, 0.15) is 0 Å². The summed E-state index contributed by atoms with van der Waals surface area (Å²) in [4.78, 5) is 34.0. The van der Waals surface area contributed by atoms with Crippen LogP contribution in [-0.4, -0.2) is 11.6 Å². The van der Waals surface area contributed by atoms with Crippen LogP contribution in [0, 0.1) is 13.8 Å². The fourth-order valence-corrected chi connectivity index (χ4v) is 13.5. The summed E-state index contributed by atoms with van der Waals surface area (Å²) < 4.78 is 0. The van der Waals surface area contributed by atoms with E-state index >= 15 is 0 Å². The number of carbonyl (C=O) groups excluding carboxylic acids is 2. The number of carbonyl (C=O) groups is 2. The lowest BCUT2D eigenvalue weighted by molar-refractivity contribution is 0.103. The molecule has 0 unspecified atom stereocenters. The quantitative estimate of drug-likeness (QED) is 0.0566. The van der Waals surface area contributed by atoms with Gasteiger partial charge in [-0.3, -0.25) is 9.59 Å². The lowest BCUT2D eigenvalue weighted by Gasteiger charge is -2.33. The molecule has 0 bridgehead atoms. The monoisotopic (exact) mass is 898 g/mol. The third-order valence-corrected chi connectivity index (χ3v) is 17.5. The fraction of sp³-hybridized carbons (Fsp3) is 0.443. The molecular weight excluding hydrogens is 829 g/mol. The minimum Gasteiger partial charge on any atom is -0.289 e. The molecule has 2 nitrogen and oxygen atoms in total. The molecule has 0 radical (unpaired) electrons. The minimum absolute atomic E-state index is 0.119. The van der Waals surface area contributed by atoms with Gasteiger partial charge in [0.15, 0.2) is 11.6 Å². The molecule has 4 aromatic carbocycles. The van der Waals surface area contributed by atoms with Gasteiger partial charge < -0.3 is 0 Å². The summed E-state index contributed by atoms with van der Waals surface area (Å²) >= 11 is 3.64. The van der Waals surface area contributed by atoms with E-state index in [9.17, 15) is 9.59 Å². The molecule has 0 N–H and O–H groups in total. The van der Waals surface area contributed by atoms with Gasteiger partial charge in [0.2, 0.25) is 0 Å². The standard InChI is InChI=1S/C61H70O2S2/c1-5-7-9-11-13-15-17-19-21-23-33-61(34-24-22-20-18-16-14-12-10-8-6-2)54-39-46-44-28-25-41(3)35-50(44)59(62)52(46)37-48(54)49-38-53-47(40-55(49)61)45-29-27-43(36-51(45)60(53)63)56-31-32-58(65-56)57-30-26-42(4)64-57/h25-32,35-40H,5-24,33-34H2,1-4H3. The van der Waals surface area contributed by atoms with Crippen molar-refractivity contribution in [2.24, 2.45) is 0 Å². The van der Waals surface area contributed by atoms with Crippen molar-refractivity contribution in [3.05, 3.63) is 129 Å². The van der Waals surface area contributed by atoms with Crippen molar-refractivity contribution < 1.29 is 9.59 Å². The highest BCUT2D eigenvalue weighted by Gasteiger charge is 2.46. The molecule has 2 heterocycles. The predicted molar refractivity (Wildman–Crippen MR) is 279 cm³/mol. The average Bonchev–Trinajstić information content (AvgIpc) is 4.14. The van der Waals surface area contributed by atoms with Crippen LogP contribution in [0.1, 0.15) is 209 Å². The highest BCUT2D eigenvalue weighted by molar-refractivity contribution is 7.23. The molecule has 65 heavy (non-hydrogen) atoms. The summed E-state index contributed by atoms with van der Waals surface area (Å²) in [6.07, 6.45) is 28.5. The molecule has 0 spiro atoms. The fourth-order valence-electron chi connectivity index (χ4n) is 11.6. The van der Waals surface area contributed by atoms with Gasteiger partial charge in [-0.1, -0.05) is 172 Å². The number of unbranched alkanes of at least 4 members (excludes halogenated alkanes) is 18. The summed E-state index contributed by atoms with van der Waals surface area (Å²) in [5, 5.41) is 0. The molecule has 4 heteroatoms. The Morgan fingerprint density at radius 3 is 1.31 bits per heavy atom. The maximum Gasteiger partial charge on any atom is 0.194 e. The van der Waals surface area contributed by atoms with Crippen molar-refractivity contribution in [3.8, 4) is 53.6 Å². The van der Waals surface area contributed by atoms with E-state index in [4.69, 9.17) is 0 Å². The Balaban J connectivity index is 1.06. The lowest BCUT2D eigenvalue weighted by atomic mass is 9.69. The van der Waals surface area contributed by atoms with E-state index in [1.54, 1.807) is 11.3 Å². The first-order valence-electron chi connectivity index (χ1n) is 25.7. The zero-order valence-electron chi connectivity index (χ0n) is 39.8. The first kappa shape index (κ1) is 45.8. The van der Waals surface area contributed by atoms with Crippen LogP contribution in [0.5, 0.6) is 0 Å². The molecule has 6 aromatic rings. The average molecular weight is 899 g/mol. The Morgan fingerprint density at radius 2 is 0.800 bits per heavy atom. The van der Waals surface area contributed by atoms with Gasteiger partial charge >= 0.3 is 0 Å². The van der Waals surface area contributed by atoms with E-state index in [0.29, 0.717) is 0 Å². The number of hydrogen-bond acceptors (Lipinski definition) is 4. The van der Waals surface area contributed by atoms with E-state index in [0.717, 1.165) is 68.5 Å². The van der Waals surface area contributed by atoms with Gasteiger partial charge in [0.25, 0.3) is 0 Å². The molecule has 0 atom stereocenters. The van der Waals surface area contributed by atoms with Crippen LogP contribution in [0.15, 0.2) is 84.9 Å². The number of fused-ring (bicyclic) bond motifs is 9. The van der Waals surface area contributed by atoms with Gasteiger partial charge in [0.05, 0.1) is 0 Å². The van der Waals surface area contributed by atoms with Crippen molar-refractivity contribution in [1.82, 2.24) is 0 Å². The number of hydrogen-bond donors (Lipinski definition) is 0. The topological polar surface area (TPSA) is 34.1 Å². The molecule has 2 aromatic heterocycles. The van der Waals surface area contributed by atoms with Crippen LogP contribution >= 0.6 is 22.7 Å². The predicted octanol–water partition coefficient (Wildman–Crippen LogP) is 19.1. The highest BCUT2D eigenvalue weighted by atomic mass is 32.1. The smallest absolute Gasteiger partial charge is 0.194 e. The van der Waals surface area contributed by atoms with Gasteiger partial charge in [0, 0.05) is 47.2 Å². The normalized spacial score (nSPS) is 13.8. The van der Waals surface area contributed by atoms with Crippen molar-refractivity contribution in [2.45, 2.75) is 174 Å². The lowest BCUT2D eigenvalue weighted by Crippen LogP contribution is -2.26. The molecule has 0 saturated carbocycles. The third-order valence-electron chi connectivity index (χ3n) is 15.2. The molecule has 0 saturated heterocycles.